The summed E-state index contributed by atoms with van der Waals surface area (Å²) in [6.45, 7) is 18.7. The second kappa shape index (κ2) is 14.0. The van der Waals surface area contributed by atoms with Gasteiger partial charge in [0.1, 0.15) is 11.6 Å². The molecule has 0 saturated carbocycles. The SMILES string of the molecule is Cc1ccc(C(C)(C)C)c(CCC(=O)C2C(C(=O)C(C)C(CC(=O)c3cccc(C)c3C)Cc3ccccc3)COC2(C)C)c1. The zero-order valence-corrected chi connectivity index (χ0v) is 28.8. The highest BCUT2D eigenvalue weighted by Crippen LogP contribution is 2.41. The van der Waals surface area contributed by atoms with Gasteiger partial charge in [0.25, 0.3) is 0 Å². The number of carbonyl (C=O) groups excluding carboxylic acids is 3. The molecule has 1 saturated heterocycles. The van der Waals surface area contributed by atoms with E-state index >= 15 is 0 Å². The van der Waals surface area contributed by atoms with E-state index in [-0.39, 0.29) is 41.7 Å². The van der Waals surface area contributed by atoms with Gasteiger partial charge in [0, 0.05) is 24.3 Å². The van der Waals surface area contributed by atoms with Gasteiger partial charge in [-0.1, -0.05) is 100.0 Å². The summed E-state index contributed by atoms with van der Waals surface area (Å²) in [6, 6.07) is 22.4. The number of aryl methyl sites for hydroxylation is 3. The van der Waals surface area contributed by atoms with Crippen LogP contribution in [-0.2, 0) is 32.6 Å². The summed E-state index contributed by atoms with van der Waals surface area (Å²) in [6.07, 6.45) is 1.88. The van der Waals surface area contributed by atoms with Crippen molar-refractivity contribution < 1.29 is 19.1 Å². The Balaban J connectivity index is 1.57. The molecule has 1 aliphatic rings. The highest BCUT2D eigenvalue weighted by molar-refractivity contribution is 5.98. The van der Waals surface area contributed by atoms with E-state index in [1.54, 1.807) is 0 Å². The fourth-order valence-electron chi connectivity index (χ4n) is 7.22. The third kappa shape index (κ3) is 8.08. The fraction of sp³-hybridized carbons (Fsp3) is 0.488. The number of hydrogen-bond acceptors (Lipinski definition) is 4. The maximum atomic E-state index is 14.4. The number of ketones is 3. The van der Waals surface area contributed by atoms with Crippen molar-refractivity contribution in [3.63, 3.8) is 0 Å². The van der Waals surface area contributed by atoms with Gasteiger partial charge in [-0.15, -0.1) is 0 Å². The van der Waals surface area contributed by atoms with Crippen LogP contribution in [0.1, 0.15) is 98.1 Å². The lowest BCUT2D eigenvalue weighted by Crippen LogP contribution is -2.41. The molecule has 1 fully saturated rings. The highest BCUT2D eigenvalue weighted by atomic mass is 16.5. The lowest BCUT2D eigenvalue weighted by atomic mass is 9.71. The summed E-state index contributed by atoms with van der Waals surface area (Å²) >= 11 is 0. The van der Waals surface area contributed by atoms with Crippen molar-refractivity contribution in [3.8, 4) is 0 Å². The van der Waals surface area contributed by atoms with Gasteiger partial charge in [0.15, 0.2) is 5.78 Å². The molecule has 45 heavy (non-hydrogen) atoms. The van der Waals surface area contributed by atoms with Crippen LogP contribution in [0.4, 0.5) is 0 Å². The van der Waals surface area contributed by atoms with Crippen LogP contribution in [0.15, 0.2) is 66.7 Å². The fourth-order valence-corrected chi connectivity index (χ4v) is 7.22. The molecule has 4 rings (SSSR count). The van der Waals surface area contributed by atoms with Crippen molar-refractivity contribution in [2.75, 3.05) is 6.61 Å². The van der Waals surface area contributed by atoms with Crippen molar-refractivity contribution in [2.24, 2.45) is 23.7 Å². The molecule has 4 atom stereocenters. The third-order valence-electron chi connectivity index (χ3n) is 10.1. The molecular weight excluding hydrogens is 556 g/mol. The van der Waals surface area contributed by atoms with Gasteiger partial charge in [-0.05, 0) is 86.6 Å². The zero-order chi connectivity index (χ0) is 33.1. The minimum absolute atomic E-state index is 0.0274. The molecule has 0 spiro atoms. The van der Waals surface area contributed by atoms with E-state index in [1.165, 1.54) is 16.7 Å². The average molecular weight is 609 g/mol. The summed E-state index contributed by atoms with van der Waals surface area (Å²) in [4.78, 5) is 42.1. The molecule has 1 aliphatic heterocycles. The second-order valence-corrected chi connectivity index (χ2v) is 14.9. The van der Waals surface area contributed by atoms with Gasteiger partial charge < -0.3 is 4.74 Å². The number of Topliss-reactive ketones (excluding diaryl/α,β-unsaturated/α-hetero) is 3. The molecule has 4 nitrogen and oxygen atoms in total. The molecule has 1 heterocycles. The molecule has 0 bridgehead atoms. The quantitative estimate of drug-likeness (QED) is 0.193. The van der Waals surface area contributed by atoms with Gasteiger partial charge in [-0.2, -0.15) is 0 Å². The summed E-state index contributed by atoms with van der Waals surface area (Å²) in [5, 5.41) is 0. The number of rotatable bonds is 12. The van der Waals surface area contributed by atoms with Crippen molar-refractivity contribution >= 4 is 17.3 Å². The van der Waals surface area contributed by atoms with Crippen LogP contribution in [0.25, 0.3) is 0 Å². The topological polar surface area (TPSA) is 60.4 Å². The number of ether oxygens (including phenoxy) is 1. The number of carbonyl (C=O) groups is 3. The first-order valence-electron chi connectivity index (χ1n) is 16.5. The molecule has 0 radical (unpaired) electrons. The minimum Gasteiger partial charge on any atom is -0.374 e. The smallest absolute Gasteiger partial charge is 0.163 e. The predicted molar refractivity (Wildman–Crippen MR) is 183 cm³/mol. The Bertz CT molecular complexity index is 1520. The Hall–Kier alpha value is -3.37. The first-order valence-corrected chi connectivity index (χ1v) is 16.5. The van der Waals surface area contributed by atoms with Crippen LogP contribution in [0.3, 0.4) is 0 Å². The van der Waals surface area contributed by atoms with E-state index < -0.39 is 23.4 Å². The summed E-state index contributed by atoms with van der Waals surface area (Å²) in [5.74, 6) is -1.51. The third-order valence-corrected chi connectivity index (χ3v) is 10.1. The predicted octanol–water partition coefficient (Wildman–Crippen LogP) is 8.79. The highest BCUT2D eigenvalue weighted by Gasteiger charge is 2.51. The largest absolute Gasteiger partial charge is 0.374 e. The van der Waals surface area contributed by atoms with Crippen molar-refractivity contribution in [3.05, 3.63) is 106 Å². The van der Waals surface area contributed by atoms with E-state index in [1.807, 2.05) is 71.0 Å². The van der Waals surface area contributed by atoms with Crippen LogP contribution in [-0.4, -0.2) is 29.6 Å². The maximum absolute atomic E-state index is 14.4. The van der Waals surface area contributed by atoms with Crippen molar-refractivity contribution in [1.29, 1.82) is 0 Å². The number of hydrogen-bond donors (Lipinski definition) is 0. The Kier molecular flexibility index (Phi) is 10.7. The molecule has 0 N–H and O–H groups in total. The van der Waals surface area contributed by atoms with E-state index in [2.05, 4.69) is 58.0 Å². The standard InChI is InChI=1S/C41H52O4/c1-26-18-20-35(40(5,6)7)31(22-26)19-21-36(42)38-34(25-45-41(38,8)9)39(44)29(4)32(23-30-15-11-10-12-16-30)24-37(43)33-17-13-14-27(2)28(33)3/h10-18,20,22,29,32,34,38H,19,21,23-25H2,1-9H3. The van der Waals surface area contributed by atoms with Crippen LogP contribution in [0, 0.1) is 44.4 Å². The van der Waals surface area contributed by atoms with Gasteiger partial charge in [-0.3, -0.25) is 14.4 Å². The molecule has 240 valence electrons. The van der Waals surface area contributed by atoms with Crippen LogP contribution >= 0.6 is 0 Å². The van der Waals surface area contributed by atoms with E-state index in [0.29, 0.717) is 19.3 Å². The van der Waals surface area contributed by atoms with Crippen LogP contribution < -0.4 is 0 Å². The van der Waals surface area contributed by atoms with Gasteiger partial charge in [0.2, 0.25) is 0 Å². The van der Waals surface area contributed by atoms with Crippen LogP contribution in [0.5, 0.6) is 0 Å². The second-order valence-electron chi connectivity index (χ2n) is 14.9. The van der Waals surface area contributed by atoms with Gasteiger partial charge in [-0.25, -0.2) is 0 Å². The van der Waals surface area contributed by atoms with E-state index in [0.717, 1.165) is 22.3 Å². The molecule has 4 unspecified atom stereocenters. The molecule has 4 heteroatoms. The minimum atomic E-state index is -0.736. The van der Waals surface area contributed by atoms with Crippen LogP contribution in [0.2, 0.25) is 0 Å². The van der Waals surface area contributed by atoms with E-state index in [4.69, 9.17) is 4.74 Å². The normalized spacial score (nSPS) is 19.2. The monoisotopic (exact) mass is 608 g/mol. The summed E-state index contributed by atoms with van der Waals surface area (Å²) in [5.41, 5.74) is 6.74. The maximum Gasteiger partial charge on any atom is 0.163 e. The Morgan fingerprint density at radius 3 is 2.29 bits per heavy atom. The summed E-state index contributed by atoms with van der Waals surface area (Å²) in [7, 11) is 0. The molecule has 3 aromatic rings. The first kappa shape index (κ1) is 34.5. The average Bonchev–Trinajstić information content (AvgIpc) is 3.30. The first-order chi connectivity index (χ1) is 21.1. The van der Waals surface area contributed by atoms with Gasteiger partial charge >= 0.3 is 0 Å². The van der Waals surface area contributed by atoms with Crippen molar-refractivity contribution in [1.82, 2.24) is 0 Å². The lowest BCUT2D eigenvalue weighted by Gasteiger charge is -2.30. The zero-order valence-electron chi connectivity index (χ0n) is 28.8. The van der Waals surface area contributed by atoms with E-state index in [9.17, 15) is 14.4 Å². The molecule has 0 aliphatic carbocycles. The summed E-state index contributed by atoms with van der Waals surface area (Å²) < 4.78 is 6.18. The van der Waals surface area contributed by atoms with Crippen molar-refractivity contribution in [2.45, 2.75) is 99.0 Å². The van der Waals surface area contributed by atoms with Gasteiger partial charge in [0.05, 0.1) is 24.0 Å². The Morgan fingerprint density at radius 1 is 0.933 bits per heavy atom. The number of benzene rings is 3. The molecule has 0 amide bonds. The molecule has 0 aromatic heterocycles. The Morgan fingerprint density at radius 2 is 1.62 bits per heavy atom. The lowest BCUT2D eigenvalue weighted by molar-refractivity contribution is -0.135. The Labute approximate surface area is 271 Å². The molecular formula is C41H52O4. The molecule has 3 aromatic carbocycles.